The molecule has 1 heterocycles. The SMILES string of the molecule is CC(O)C(C)(O)C(=O)C(CCCCNC(=O)CCCCCNc1ccc([N+](=O)[O-])c2nonc12)NC(=O)OC(C)(C)C. The third kappa shape index (κ3) is 10.5. The number of nitrogens with zero attached hydrogens (tertiary/aromatic N) is 3. The number of carbonyl (C=O) groups excluding carboxylic acids is 3. The molecule has 2 aromatic rings. The van der Waals surface area contributed by atoms with Crippen molar-refractivity contribution in [2.45, 2.75) is 103 Å². The molecule has 42 heavy (non-hydrogen) atoms. The van der Waals surface area contributed by atoms with Gasteiger partial charge in [0.05, 0.1) is 22.8 Å². The van der Waals surface area contributed by atoms with Crippen molar-refractivity contribution in [1.82, 2.24) is 20.9 Å². The monoisotopic (exact) mass is 594 g/mol. The Morgan fingerprint density at radius 3 is 2.36 bits per heavy atom. The summed E-state index contributed by atoms with van der Waals surface area (Å²) in [6, 6.07) is 1.82. The van der Waals surface area contributed by atoms with E-state index in [9.17, 15) is 34.7 Å². The first-order valence-electron chi connectivity index (χ1n) is 14.0. The number of anilines is 1. The molecule has 0 saturated heterocycles. The number of aromatic nitrogens is 2. The van der Waals surface area contributed by atoms with Gasteiger partial charge in [-0.05, 0) is 83.1 Å². The van der Waals surface area contributed by atoms with Gasteiger partial charge in [-0.2, -0.15) is 0 Å². The first-order chi connectivity index (χ1) is 19.6. The van der Waals surface area contributed by atoms with Crippen LogP contribution < -0.4 is 16.0 Å². The van der Waals surface area contributed by atoms with Crippen molar-refractivity contribution in [1.29, 1.82) is 0 Å². The van der Waals surface area contributed by atoms with Crippen molar-refractivity contribution in [2.75, 3.05) is 18.4 Å². The molecule has 0 spiro atoms. The third-order valence-electron chi connectivity index (χ3n) is 6.55. The van der Waals surface area contributed by atoms with Crippen LogP contribution in [0.25, 0.3) is 11.0 Å². The molecule has 0 radical (unpaired) electrons. The highest BCUT2D eigenvalue weighted by Crippen LogP contribution is 2.28. The number of amides is 2. The maximum absolute atomic E-state index is 12.8. The number of alkyl carbamates (subject to hydrolysis) is 1. The van der Waals surface area contributed by atoms with E-state index in [2.05, 4.69) is 30.9 Å². The smallest absolute Gasteiger partial charge is 0.408 e. The minimum Gasteiger partial charge on any atom is -0.444 e. The summed E-state index contributed by atoms with van der Waals surface area (Å²) in [6.07, 6.45) is 1.58. The van der Waals surface area contributed by atoms with E-state index in [0.717, 1.165) is 12.8 Å². The number of non-ortho nitro benzene ring substituents is 1. The van der Waals surface area contributed by atoms with Crippen molar-refractivity contribution >= 4 is 40.2 Å². The average Bonchev–Trinajstić information content (AvgIpc) is 3.38. The average molecular weight is 595 g/mol. The Bertz CT molecular complexity index is 1220. The molecule has 1 aromatic heterocycles. The lowest BCUT2D eigenvalue weighted by Crippen LogP contribution is -2.55. The van der Waals surface area contributed by atoms with Crippen LogP contribution in [0.1, 0.15) is 79.6 Å². The number of hydrogen-bond donors (Lipinski definition) is 5. The van der Waals surface area contributed by atoms with E-state index in [1.165, 1.54) is 19.9 Å². The van der Waals surface area contributed by atoms with Gasteiger partial charge in [-0.15, -0.1) is 0 Å². The number of aliphatic hydroxyl groups is 2. The molecule has 0 aliphatic rings. The van der Waals surface area contributed by atoms with E-state index in [4.69, 9.17) is 4.74 Å². The Morgan fingerprint density at radius 2 is 1.71 bits per heavy atom. The van der Waals surface area contributed by atoms with Crippen LogP contribution >= 0.6 is 0 Å². The summed E-state index contributed by atoms with van der Waals surface area (Å²) in [5, 5.41) is 47.1. The van der Waals surface area contributed by atoms with E-state index in [-0.39, 0.29) is 29.0 Å². The summed E-state index contributed by atoms with van der Waals surface area (Å²) < 4.78 is 9.87. The summed E-state index contributed by atoms with van der Waals surface area (Å²) in [5.41, 5.74) is -2.07. The number of rotatable bonds is 17. The predicted molar refractivity (Wildman–Crippen MR) is 153 cm³/mol. The zero-order chi connectivity index (χ0) is 31.5. The molecule has 2 amide bonds. The van der Waals surface area contributed by atoms with Gasteiger partial charge in [-0.1, -0.05) is 6.42 Å². The fraction of sp³-hybridized carbons (Fsp3) is 0.667. The number of ketones is 1. The fourth-order valence-corrected chi connectivity index (χ4v) is 4.02. The summed E-state index contributed by atoms with van der Waals surface area (Å²) in [4.78, 5) is 47.8. The number of ether oxygens (including phenoxy) is 1. The van der Waals surface area contributed by atoms with Gasteiger partial charge in [0.2, 0.25) is 11.4 Å². The number of benzene rings is 1. The van der Waals surface area contributed by atoms with Crippen molar-refractivity contribution in [3.05, 3.63) is 22.2 Å². The van der Waals surface area contributed by atoms with E-state index >= 15 is 0 Å². The van der Waals surface area contributed by atoms with Gasteiger partial charge in [0, 0.05) is 25.6 Å². The molecule has 2 rings (SSSR count). The molecule has 0 aliphatic heterocycles. The van der Waals surface area contributed by atoms with Crippen LogP contribution in [-0.4, -0.2) is 79.7 Å². The number of Topliss-reactive ketones (excluding diaryl/α,β-unsaturated/α-hetero) is 1. The van der Waals surface area contributed by atoms with E-state index in [0.29, 0.717) is 44.5 Å². The number of nitro groups is 1. The van der Waals surface area contributed by atoms with Crippen molar-refractivity contribution in [3.63, 3.8) is 0 Å². The lowest BCUT2D eigenvalue weighted by atomic mass is 9.88. The number of hydrogen-bond acceptors (Lipinski definition) is 12. The molecule has 3 unspecified atom stereocenters. The van der Waals surface area contributed by atoms with Crippen LogP contribution in [0.3, 0.4) is 0 Å². The minimum absolute atomic E-state index is 0.0784. The molecule has 5 N–H and O–H groups in total. The first kappa shape index (κ1) is 34.4. The highest BCUT2D eigenvalue weighted by Gasteiger charge is 2.40. The summed E-state index contributed by atoms with van der Waals surface area (Å²) in [6.45, 7) is 8.49. The third-order valence-corrected chi connectivity index (χ3v) is 6.55. The molecule has 0 saturated carbocycles. The largest absolute Gasteiger partial charge is 0.444 e. The maximum Gasteiger partial charge on any atom is 0.408 e. The topological polar surface area (TPSA) is 219 Å². The van der Waals surface area contributed by atoms with Gasteiger partial charge in [0.15, 0.2) is 11.3 Å². The Morgan fingerprint density at radius 1 is 1.05 bits per heavy atom. The van der Waals surface area contributed by atoms with E-state index in [1.54, 1.807) is 26.8 Å². The van der Waals surface area contributed by atoms with Crippen molar-refractivity contribution < 1.29 is 38.9 Å². The molecule has 0 aliphatic carbocycles. The highest BCUT2D eigenvalue weighted by atomic mass is 16.6. The van der Waals surface area contributed by atoms with Gasteiger partial charge < -0.3 is 30.9 Å². The summed E-state index contributed by atoms with van der Waals surface area (Å²) in [7, 11) is 0. The van der Waals surface area contributed by atoms with E-state index in [1.807, 2.05) is 0 Å². The Hall–Kier alpha value is -3.85. The van der Waals surface area contributed by atoms with Crippen LogP contribution in [0.2, 0.25) is 0 Å². The number of fused-ring (bicyclic) bond motifs is 1. The first-order valence-corrected chi connectivity index (χ1v) is 14.0. The van der Waals surface area contributed by atoms with Gasteiger partial charge in [-0.25, -0.2) is 9.42 Å². The molecular formula is C27H42N6O9. The van der Waals surface area contributed by atoms with Crippen LogP contribution in [0.15, 0.2) is 16.8 Å². The second-order valence-electron chi connectivity index (χ2n) is 11.3. The van der Waals surface area contributed by atoms with Gasteiger partial charge in [-0.3, -0.25) is 19.7 Å². The second-order valence-corrected chi connectivity index (χ2v) is 11.3. The number of nitrogens with one attached hydrogen (secondary N) is 3. The maximum atomic E-state index is 12.8. The fourth-order valence-electron chi connectivity index (χ4n) is 4.02. The lowest BCUT2D eigenvalue weighted by Gasteiger charge is -2.30. The van der Waals surface area contributed by atoms with Crippen LogP contribution in [-0.2, 0) is 14.3 Å². The number of carbonyl (C=O) groups is 3. The molecule has 0 bridgehead atoms. The molecule has 3 atom stereocenters. The Kier molecular flexibility index (Phi) is 12.6. The Balaban J connectivity index is 1.68. The number of unbranched alkanes of at least 4 members (excludes halogenated alkanes) is 3. The highest BCUT2D eigenvalue weighted by molar-refractivity contribution is 5.94. The van der Waals surface area contributed by atoms with E-state index < -0.39 is 40.1 Å². The van der Waals surface area contributed by atoms with Crippen molar-refractivity contribution in [3.8, 4) is 0 Å². The molecule has 234 valence electrons. The second kappa shape index (κ2) is 15.4. The summed E-state index contributed by atoms with van der Waals surface area (Å²) >= 11 is 0. The standard InChI is InChI=1S/C27H42N6O9/c1-17(34)27(5,38)24(36)19(30-25(37)41-26(2,3)4)11-8-10-16-29-21(35)12-7-6-9-15-28-18-13-14-20(33(39)40)23-22(18)31-42-32-23/h13-14,17,19,28,34,38H,6-12,15-16H2,1-5H3,(H,29,35)(H,30,37). The van der Waals surface area contributed by atoms with Gasteiger partial charge in [0.1, 0.15) is 11.2 Å². The molecule has 15 heteroatoms. The molecular weight excluding hydrogens is 552 g/mol. The van der Waals surface area contributed by atoms with Gasteiger partial charge in [0.25, 0.3) is 0 Å². The summed E-state index contributed by atoms with van der Waals surface area (Å²) in [5.74, 6) is -0.831. The predicted octanol–water partition coefficient (Wildman–Crippen LogP) is 2.98. The molecule has 1 aromatic carbocycles. The number of nitro benzene ring substituents is 1. The minimum atomic E-state index is -2.05. The van der Waals surface area contributed by atoms with Crippen LogP contribution in [0, 0.1) is 10.1 Å². The van der Waals surface area contributed by atoms with Crippen molar-refractivity contribution in [2.24, 2.45) is 0 Å². The van der Waals surface area contributed by atoms with Gasteiger partial charge >= 0.3 is 11.8 Å². The lowest BCUT2D eigenvalue weighted by molar-refractivity contribution is -0.383. The van der Waals surface area contributed by atoms with Crippen LogP contribution in [0.4, 0.5) is 16.2 Å². The normalized spacial score (nSPS) is 14.5. The Labute approximate surface area is 243 Å². The zero-order valence-corrected chi connectivity index (χ0v) is 24.8. The molecule has 0 fully saturated rings. The molecule has 15 nitrogen and oxygen atoms in total. The number of aliphatic hydroxyl groups excluding tert-OH is 1. The quantitative estimate of drug-likeness (QED) is 0.101. The zero-order valence-electron chi connectivity index (χ0n) is 24.8. The van der Waals surface area contributed by atoms with Crippen LogP contribution in [0.5, 0.6) is 0 Å².